The number of imidazole rings is 1. The molecule has 1 aromatic heterocycles. The first-order chi connectivity index (χ1) is 11.6. The summed E-state index contributed by atoms with van der Waals surface area (Å²) >= 11 is 0. The number of fused-ring (bicyclic) bond motifs is 1. The largest absolute Gasteiger partial charge is 0.334 e. The molecule has 0 N–H and O–H groups in total. The maximum atomic E-state index is 14.0. The Morgan fingerprint density at radius 3 is 2.42 bits per heavy atom. The van der Waals surface area contributed by atoms with Gasteiger partial charge < -0.3 is 4.57 Å². The molecule has 0 radical (unpaired) electrons. The van der Waals surface area contributed by atoms with Gasteiger partial charge in [0.2, 0.25) is 0 Å². The van der Waals surface area contributed by atoms with Crippen LogP contribution in [0.1, 0.15) is 29.8 Å². The van der Waals surface area contributed by atoms with Gasteiger partial charge in [-0.25, -0.2) is 9.37 Å². The van der Waals surface area contributed by atoms with Crippen molar-refractivity contribution in [2.24, 2.45) is 0 Å². The summed E-state index contributed by atoms with van der Waals surface area (Å²) in [6.07, 6.45) is 5.69. The number of aromatic nitrogens is 2. The normalized spacial score (nSPS) is 13.8. The second-order valence-corrected chi connectivity index (χ2v) is 6.67. The first-order valence-corrected chi connectivity index (χ1v) is 8.55. The van der Waals surface area contributed by atoms with E-state index in [1.165, 1.54) is 18.7 Å². The predicted octanol–water partition coefficient (Wildman–Crippen LogP) is 5.31. The Morgan fingerprint density at radius 1 is 0.958 bits per heavy atom. The van der Waals surface area contributed by atoms with Gasteiger partial charge in [0, 0.05) is 24.7 Å². The number of benzene rings is 2. The van der Waals surface area contributed by atoms with E-state index < -0.39 is 0 Å². The van der Waals surface area contributed by atoms with Crippen molar-refractivity contribution in [2.75, 3.05) is 0 Å². The molecule has 122 valence electrons. The third-order valence-corrected chi connectivity index (χ3v) is 5.03. The molecule has 4 rings (SSSR count). The lowest BCUT2D eigenvalue weighted by molar-refractivity contribution is 0.522. The van der Waals surface area contributed by atoms with Gasteiger partial charge in [0.05, 0.1) is 5.69 Å². The van der Waals surface area contributed by atoms with Crippen LogP contribution in [0.3, 0.4) is 0 Å². The number of aryl methyl sites for hydroxylation is 3. The molecule has 0 bridgehead atoms. The highest BCUT2D eigenvalue weighted by Gasteiger charge is 2.13. The maximum absolute atomic E-state index is 14.0. The third-order valence-electron chi connectivity index (χ3n) is 5.03. The Kier molecular flexibility index (Phi) is 3.72. The van der Waals surface area contributed by atoms with Gasteiger partial charge in [-0.15, -0.1) is 0 Å². The number of nitrogens with zero attached hydrogens (tertiary/aromatic N) is 2. The smallest absolute Gasteiger partial charge is 0.126 e. The molecule has 2 nitrogen and oxygen atoms in total. The number of rotatable bonds is 2. The molecule has 0 aliphatic carbocycles. The van der Waals surface area contributed by atoms with E-state index in [1.54, 1.807) is 6.07 Å². The summed E-state index contributed by atoms with van der Waals surface area (Å²) < 4.78 is 16.3. The number of hydrogen-bond acceptors (Lipinski definition) is 1. The molecule has 0 saturated carbocycles. The molecule has 0 spiro atoms. The minimum absolute atomic E-state index is 0.143. The standard InChI is InChI=1S/C21H21FN2/c1-14-11-18(12-19(22)15(14)2)16-6-8-17(9-7-16)20-13-24-10-4-3-5-21(24)23-20/h6-9,11-13H,3-5,10H2,1-2H3. The zero-order valence-electron chi connectivity index (χ0n) is 14.1. The second-order valence-electron chi connectivity index (χ2n) is 6.67. The summed E-state index contributed by atoms with van der Waals surface area (Å²) in [5.41, 5.74) is 5.81. The van der Waals surface area contributed by atoms with E-state index in [9.17, 15) is 4.39 Å². The highest BCUT2D eigenvalue weighted by atomic mass is 19.1. The van der Waals surface area contributed by atoms with E-state index >= 15 is 0 Å². The average Bonchev–Trinajstić information content (AvgIpc) is 3.03. The SMILES string of the molecule is Cc1cc(-c2ccc(-c3cn4c(n3)CCCC4)cc2)cc(F)c1C. The highest BCUT2D eigenvalue weighted by molar-refractivity contribution is 5.69. The summed E-state index contributed by atoms with van der Waals surface area (Å²) in [5, 5.41) is 0. The van der Waals surface area contributed by atoms with Crippen molar-refractivity contribution in [3.8, 4) is 22.4 Å². The molecule has 1 aliphatic rings. The quantitative estimate of drug-likeness (QED) is 0.626. The summed E-state index contributed by atoms with van der Waals surface area (Å²) in [7, 11) is 0. The molecule has 0 saturated heterocycles. The lowest BCUT2D eigenvalue weighted by atomic mass is 9.99. The van der Waals surface area contributed by atoms with Crippen LogP contribution in [0.4, 0.5) is 4.39 Å². The fraction of sp³-hybridized carbons (Fsp3) is 0.286. The first kappa shape index (κ1) is 15.1. The van der Waals surface area contributed by atoms with Crippen molar-refractivity contribution in [3.05, 3.63) is 65.4 Å². The predicted molar refractivity (Wildman–Crippen MR) is 95.5 cm³/mol. The van der Waals surface area contributed by atoms with Crippen LogP contribution in [-0.2, 0) is 13.0 Å². The van der Waals surface area contributed by atoms with E-state index in [0.29, 0.717) is 0 Å². The summed E-state index contributed by atoms with van der Waals surface area (Å²) in [6.45, 7) is 4.84. The monoisotopic (exact) mass is 320 g/mol. The maximum Gasteiger partial charge on any atom is 0.126 e. The van der Waals surface area contributed by atoms with Crippen molar-refractivity contribution in [1.29, 1.82) is 0 Å². The van der Waals surface area contributed by atoms with Gasteiger partial charge in [-0.05, 0) is 55.0 Å². The Balaban J connectivity index is 1.66. The van der Waals surface area contributed by atoms with Crippen LogP contribution in [0.2, 0.25) is 0 Å². The van der Waals surface area contributed by atoms with Crippen LogP contribution in [-0.4, -0.2) is 9.55 Å². The average molecular weight is 320 g/mol. The second kappa shape index (κ2) is 5.90. The van der Waals surface area contributed by atoms with Crippen LogP contribution in [0.25, 0.3) is 22.4 Å². The van der Waals surface area contributed by atoms with Gasteiger partial charge in [-0.2, -0.15) is 0 Å². The van der Waals surface area contributed by atoms with E-state index in [1.807, 2.05) is 19.9 Å². The molecule has 0 unspecified atom stereocenters. The Hall–Kier alpha value is -2.42. The molecule has 2 heterocycles. The van der Waals surface area contributed by atoms with Gasteiger partial charge in [0.1, 0.15) is 11.6 Å². The zero-order chi connectivity index (χ0) is 16.7. The molecule has 2 aromatic carbocycles. The Bertz CT molecular complexity index is 844. The zero-order valence-corrected chi connectivity index (χ0v) is 14.1. The molecular weight excluding hydrogens is 299 g/mol. The van der Waals surface area contributed by atoms with Gasteiger partial charge in [-0.3, -0.25) is 0 Å². The molecule has 0 amide bonds. The molecule has 1 aliphatic heterocycles. The summed E-state index contributed by atoms with van der Waals surface area (Å²) in [5.74, 6) is 1.05. The van der Waals surface area contributed by atoms with E-state index in [4.69, 9.17) is 4.98 Å². The van der Waals surface area contributed by atoms with Crippen LogP contribution < -0.4 is 0 Å². The molecule has 24 heavy (non-hydrogen) atoms. The van der Waals surface area contributed by atoms with Gasteiger partial charge in [0.15, 0.2) is 0 Å². The van der Waals surface area contributed by atoms with Crippen LogP contribution in [0.15, 0.2) is 42.6 Å². The van der Waals surface area contributed by atoms with Crippen LogP contribution in [0.5, 0.6) is 0 Å². The van der Waals surface area contributed by atoms with Crippen molar-refractivity contribution >= 4 is 0 Å². The van der Waals surface area contributed by atoms with Crippen LogP contribution in [0, 0.1) is 19.7 Å². The van der Waals surface area contributed by atoms with E-state index in [-0.39, 0.29) is 5.82 Å². The fourth-order valence-corrected chi connectivity index (χ4v) is 3.37. The minimum atomic E-state index is -0.143. The third kappa shape index (κ3) is 2.64. The van der Waals surface area contributed by atoms with Gasteiger partial charge >= 0.3 is 0 Å². The number of hydrogen-bond donors (Lipinski definition) is 0. The van der Waals surface area contributed by atoms with Crippen molar-refractivity contribution in [3.63, 3.8) is 0 Å². The number of halogens is 1. The minimum Gasteiger partial charge on any atom is -0.334 e. The van der Waals surface area contributed by atoms with Crippen LogP contribution >= 0.6 is 0 Å². The first-order valence-electron chi connectivity index (χ1n) is 8.55. The lowest BCUT2D eigenvalue weighted by Crippen LogP contribution is -2.08. The van der Waals surface area contributed by atoms with E-state index in [0.717, 1.165) is 46.5 Å². The van der Waals surface area contributed by atoms with Crippen molar-refractivity contribution in [2.45, 2.75) is 39.7 Å². The fourth-order valence-electron chi connectivity index (χ4n) is 3.37. The summed E-state index contributed by atoms with van der Waals surface area (Å²) in [4.78, 5) is 4.77. The lowest BCUT2D eigenvalue weighted by Gasteiger charge is -2.11. The van der Waals surface area contributed by atoms with Gasteiger partial charge in [-0.1, -0.05) is 30.3 Å². The summed E-state index contributed by atoms with van der Waals surface area (Å²) in [6, 6.07) is 11.9. The van der Waals surface area contributed by atoms with Crippen molar-refractivity contribution < 1.29 is 4.39 Å². The molecule has 0 fully saturated rings. The Labute approximate surface area is 142 Å². The van der Waals surface area contributed by atoms with E-state index in [2.05, 4.69) is 35.0 Å². The Morgan fingerprint density at radius 2 is 1.71 bits per heavy atom. The molecule has 0 atom stereocenters. The topological polar surface area (TPSA) is 17.8 Å². The van der Waals surface area contributed by atoms with Gasteiger partial charge in [0.25, 0.3) is 0 Å². The molecule has 3 aromatic rings. The highest BCUT2D eigenvalue weighted by Crippen LogP contribution is 2.28. The van der Waals surface area contributed by atoms with Crippen molar-refractivity contribution in [1.82, 2.24) is 9.55 Å². The molecule has 3 heteroatoms. The molecular formula is C21H21FN2.